The van der Waals surface area contributed by atoms with Crippen LogP contribution in [0.3, 0.4) is 0 Å². The zero-order valence-electron chi connectivity index (χ0n) is 13.6. The van der Waals surface area contributed by atoms with Gasteiger partial charge in [-0.05, 0) is 43.5 Å². The number of nitrogens with zero attached hydrogens (tertiary/aromatic N) is 1. The molecule has 118 valence electrons. The number of nitrogens with one attached hydrogen (secondary N) is 1. The third kappa shape index (κ3) is 5.77. The summed E-state index contributed by atoms with van der Waals surface area (Å²) < 4.78 is 5.37. The first kappa shape index (κ1) is 16.5. The molecule has 3 nitrogen and oxygen atoms in total. The van der Waals surface area contributed by atoms with E-state index < -0.39 is 0 Å². The third-order valence-corrected chi connectivity index (χ3v) is 4.41. The molecular weight excluding hydrogens is 260 g/mol. The van der Waals surface area contributed by atoms with E-state index in [0.717, 1.165) is 39.4 Å². The molecule has 0 spiro atoms. The van der Waals surface area contributed by atoms with Gasteiger partial charge in [-0.25, -0.2) is 0 Å². The lowest BCUT2D eigenvalue weighted by Gasteiger charge is -2.27. The molecule has 1 aliphatic heterocycles. The van der Waals surface area contributed by atoms with Gasteiger partial charge in [0.25, 0.3) is 0 Å². The van der Waals surface area contributed by atoms with Crippen molar-refractivity contribution in [3.05, 3.63) is 35.9 Å². The number of hydrogen-bond donors (Lipinski definition) is 1. The zero-order chi connectivity index (χ0) is 15.0. The van der Waals surface area contributed by atoms with Gasteiger partial charge in [0.2, 0.25) is 0 Å². The summed E-state index contributed by atoms with van der Waals surface area (Å²) in [6.45, 7) is 12.1. The van der Waals surface area contributed by atoms with Crippen LogP contribution in [0.5, 0.6) is 0 Å². The Bertz CT molecular complexity index is 385. The molecule has 1 fully saturated rings. The largest absolute Gasteiger partial charge is 0.379 e. The summed E-state index contributed by atoms with van der Waals surface area (Å²) in [7, 11) is 0. The Labute approximate surface area is 129 Å². The van der Waals surface area contributed by atoms with E-state index in [-0.39, 0.29) is 5.41 Å². The van der Waals surface area contributed by atoms with E-state index in [1.54, 1.807) is 0 Å². The molecule has 1 N–H and O–H groups in total. The number of benzene rings is 1. The molecule has 1 saturated heterocycles. The summed E-state index contributed by atoms with van der Waals surface area (Å²) in [6.07, 6.45) is 2.40. The summed E-state index contributed by atoms with van der Waals surface area (Å²) in [5, 5.41) is 3.59. The van der Waals surface area contributed by atoms with Crippen molar-refractivity contribution in [3.8, 4) is 0 Å². The fraction of sp³-hybridized carbons (Fsp3) is 0.667. The van der Waals surface area contributed by atoms with Gasteiger partial charge in [-0.1, -0.05) is 44.2 Å². The Morgan fingerprint density at radius 2 is 1.81 bits per heavy atom. The van der Waals surface area contributed by atoms with Gasteiger partial charge >= 0.3 is 0 Å². The molecule has 1 heterocycles. The maximum Gasteiger partial charge on any atom is 0.0594 e. The van der Waals surface area contributed by atoms with E-state index in [9.17, 15) is 0 Å². The molecule has 0 atom stereocenters. The van der Waals surface area contributed by atoms with Crippen molar-refractivity contribution in [2.24, 2.45) is 0 Å². The van der Waals surface area contributed by atoms with Crippen molar-refractivity contribution >= 4 is 0 Å². The molecule has 0 saturated carbocycles. The van der Waals surface area contributed by atoms with E-state index in [0.29, 0.717) is 0 Å². The van der Waals surface area contributed by atoms with Gasteiger partial charge in [0.1, 0.15) is 0 Å². The van der Waals surface area contributed by atoms with Gasteiger partial charge < -0.3 is 10.1 Å². The van der Waals surface area contributed by atoms with Crippen LogP contribution in [0.1, 0.15) is 32.3 Å². The molecule has 2 rings (SSSR count). The zero-order valence-corrected chi connectivity index (χ0v) is 13.6. The van der Waals surface area contributed by atoms with Crippen molar-refractivity contribution in [2.75, 3.05) is 45.9 Å². The highest BCUT2D eigenvalue weighted by atomic mass is 16.5. The summed E-state index contributed by atoms with van der Waals surface area (Å²) in [5.41, 5.74) is 1.68. The number of ether oxygens (including phenoxy) is 1. The van der Waals surface area contributed by atoms with Crippen molar-refractivity contribution < 1.29 is 4.74 Å². The smallest absolute Gasteiger partial charge is 0.0594 e. The van der Waals surface area contributed by atoms with Crippen LogP contribution in [0.15, 0.2) is 30.3 Å². The minimum atomic E-state index is 0.248. The van der Waals surface area contributed by atoms with E-state index in [2.05, 4.69) is 54.4 Å². The van der Waals surface area contributed by atoms with E-state index in [4.69, 9.17) is 4.74 Å². The fourth-order valence-corrected chi connectivity index (χ4v) is 2.81. The van der Waals surface area contributed by atoms with Crippen molar-refractivity contribution in [3.63, 3.8) is 0 Å². The van der Waals surface area contributed by atoms with Crippen LogP contribution in [-0.4, -0.2) is 50.8 Å². The van der Waals surface area contributed by atoms with E-state index in [1.807, 2.05) is 0 Å². The van der Waals surface area contributed by atoms with Crippen molar-refractivity contribution in [2.45, 2.75) is 32.1 Å². The first-order chi connectivity index (χ1) is 10.2. The number of hydrogen-bond acceptors (Lipinski definition) is 3. The molecule has 21 heavy (non-hydrogen) atoms. The van der Waals surface area contributed by atoms with Crippen molar-refractivity contribution in [1.29, 1.82) is 0 Å². The molecule has 0 aliphatic carbocycles. The molecular formula is C18H30N2O. The fourth-order valence-electron chi connectivity index (χ4n) is 2.81. The molecule has 0 radical (unpaired) electrons. The normalized spacial score (nSPS) is 17.0. The van der Waals surface area contributed by atoms with Crippen LogP contribution in [0.25, 0.3) is 0 Å². The second kappa shape index (κ2) is 8.52. The second-order valence-electron chi connectivity index (χ2n) is 6.56. The summed E-state index contributed by atoms with van der Waals surface area (Å²) in [4.78, 5) is 2.50. The lowest BCUT2D eigenvalue weighted by molar-refractivity contribution is 0.0374. The number of rotatable bonds is 8. The Morgan fingerprint density at radius 3 is 2.52 bits per heavy atom. The van der Waals surface area contributed by atoms with Crippen LogP contribution in [0.2, 0.25) is 0 Å². The lowest BCUT2D eigenvalue weighted by atomic mass is 9.81. The van der Waals surface area contributed by atoms with E-state index in [1.165, 1.54) is 24.9 Å². The Balaban J connectivity index is 1.57. The molecule has 1 aromatic carbocycles. The SMILES string of the molecule is CC(C)(CCNCCCN1CCOCC1)c1ccccc1. The van der Waals surface area contributed by atoms with Gasteiger partial charge in [0.05, 0.1) is 13.2 Å². The summed E-state index contributed by atoms with van der Waals surface area (Å²) in [5.74, 6) is 0. The standard InChI is InChI=1S/C18H30N2O/c1-18(2,17-7-4-3-5-8-17)9-11-19-10-6-12-20-13-15-21-16-14-20/h3-5,7-8,19H,6,9-16H2,1-2H3. The average molecular weight is 290 g/mol. The Kier molecular flexibility index (Phi) is 6.68. The van der Waals surface area contributed by atoms with Crippen molar-refractivity contribution in [1.82, 2.24) is 10.2 Å². The van der Waals surface area contributed by atoms with E-state index >= 15 is 0 Å². The predicted molar refractivity (Wildman–Crippen MR) is 88.8 cm³/mol. The van der Waals surface area contributed by atoms with Gasteiger partial charge in [-0.2, -0.15) is 0 Å². The van der Waals surface area contributed by atoms with Crippen LogP contribution < -0.4 is 5.32 Å². The summed E-state index contributed by atoms with van der Waals surface area (Å²) in [6, 6.07) is 10.8. The van der Waals surface area contributed by atoms with Crippen LogP contribution >= 0.6 is 0 Å². The predicted octanol–water partition coefficient (Wildman–Crippen LogP) is 2.67. The quantitative estimate of drug-likeness (QED) is 0.745. The number of morpholine rings is 1. The van der Waals surface area contributed by atoms with Crippen LogP contribution in [0, 0.1) is 0 Å². The van der Waals surface area contributed by atoms with Gasteiger partial charge in [0.15, 0.2) is 0 Å². The Morgan fingerprint density at radius 1 is 1.10 bits per heavy atom. The van der Waals surface area contributed by atoms with Gasteiger partial charge in [-0.15, -0.1) is 0 Å². The molecule has 1 aromatic rings. The molecule has 1 aliphatic rings. The highest BCUT2D eigenvalue weighted by molar-refractivity contribution is 5.23. The molecule has 3 heteroatoms. The minimum absolute atomic E-state index is 0.248. The Hall–Kier alpha value is -0.900. The topological polar surface area (TPSA) is 24.5 Å². The molecule has 0 aromatic heterocycles. The minimum Gasteiger partial charge on any atom is -0.379 e. The lowest BCUT2D eigenvalue weighted by Crippen LogP contribution is -2.37. The maximum absolute atomic E-state index is 5.37. The highest BCUT2D eigenvalue weighted by Gasteiger charge is 2.19. The maximum atomic E-state index is 5.37. The first-order valence-corrected chi connectivity index (χ1v) is 8.25. The molecule has 0 amide bonds. The monoisotopic (exact) mass is 290 g/mol. The third-order valence-electron chi connectivity index (χ3n) is 4.41. The second-order valence-corrected chi connectivity index (χ2v) is 6.56. The summed E-state index contributed by atoms with van der Waals surface area (Å²) >= 11 is 0. The first-order valence-electron chi connectivity index (χ1n) is 8.25. The average Bonchev–Trinajstić information content (AvgIpc) is 2.52. The van der Waals surface area contributed by atoms with Crippen LogP contribution in [0.4, 0.5) is 0 Å². The van der Waals surface area contributed by atoms with Gasteiger partial charge in [-0.3, -0.25) is 4.90 Å². The highest BCUT2D eigenvalue weighted by Crippen LogP contribution is 2.25. The molecule has 0 unspecified atom stereocenters. The van der Waals surface area contributed by atoms with Gasteiger partial charge in [0, 0.05) is 13.1 Å². The molecule has 0 bridgehead atoms. The van der Waals surface area contributed by atoms with Crippen LogP contribution in [-0.2, 0) is 10.2 Å².